The van der Waals surface area contributed by atoms with Crippen LogP contribution in [0.4, 0.5) is 17.6 Å². The molecule has 0 aliphatic rings. The van der Waals surface area contributed by atoms with Gasteiger partial charge in [0.15, 0.2) is 0 Å². The number of aromatic nitrogens is 8. The van der Waals surface area contributed by atoms with E-state index in [9.17, 15) is 55.9 Å². The summed E-state index contributed by atoms with van der Waals surface area (Å²) in [5.74, 6) is -3.96. The molecule has 0 fully saturated rings. The Balaban J connectivity index is 0.000000240. The summed E-state index contributed by atoms with van der Waals surface area (Å²) >= 11 is 0. The smallest absolute Gasteiger partial charge is 0.311 e. The third-order valence-corrected chi connectivity index (χ3v) is 3.10. The lowest BCUT2D eigenvalue weighted by molar-refractivity contribution is 0.596. The molecule has 16 nitrogen and oxygen atoms in total. The molecule has 0 aliphatic heterocycles. The van der Waals surface area contributed by atoms with Gasteiger partial charge in [-0.15, -0.1) is 0 Å². The standard InChI is InChI=1S/4C4H3FN2O2/c4*5-2-1-6-4(9)7-3(2)8/h4*1H,(H2,6,7,8,9). The second-order valence-electron chi connectivity index (χ2n) is 5.68. The van der Waals surface area contributed by atoms with Gasteiger partial charge in [-0.3, -0.25) is 39.1 Å². The van der Waals surface area contributed by atoms with Crippen LogP contribution in [-0.2, 0) is 0 Å². The fourth-order valence-corrected chi connectivity index (χ4v) is 1.57. The van der Waals surface area contributed by atoms with E-state index in [2.05, 4.69) is 0 Å². The maximum atomic E-state index is 12.0. The van der Waals surface area contributed by atoms with Gasteiger partial charge in [0.2, 0.25) is 23.3 Å². The first-order valence-electron chi connectivity index (χ1n) is 8.70. The van der Waals surface area contributed by atoms with Crippen LogP contribution in [0.15, 0.2) is 63.1 Å². The minimum atomic E-state index is -1.00. The van der Waals surface area contributed by atoms with E-state index in [0.717, 1.165) is 0 Å². The lowest BCUT2D eigenvalue weighted by atomic mass is 10.6. The van der Waals surface area contributed by atoms with Crippen molar-refractivity contribution in [3.8, 4) is 0 Å². The molecule has 0 spiro atoms. The van der Waals surface area contributed by atoms with Crippen molar-refractivity contribution in [3.63, 3.8) is 0 Å². The summed E-state index contributed by atoms with van der Waals surface area (Å²) in [6, 6.07) is 0. The SMILES string of the molecule is O=c1[nH]cc(F)c(=O)[nH]1.O=c1[nH]cc(F)c(=O)[nH]1.O=c1[nH]cc(F)c(=O)[nH]1.O=c1[nH]cc(F)c(=O)[nH]1. The number of rotatable bonds is 0. The third kappa shape index (κ3) is 9.93. The number of hydrogen-bond donors (Lipinski definition) is 8. The van der Waals surface area contributed by atoms with E-state index in [0.29, 0.717) is 24.8 Å². The van der Waals surface area contributed by atoms with E-state index in [1.54, 1.807) is 19.9 Å². The molecule has 36 heavy (non-hydrogen) atoms. The zero-order chi connectivity index (χ0) is 27.4. The van der Waals surface area contributed by atoms with Crippen molar-refractivity contribution in [3.05, 3.63) is 131 Å². The number of H-pyrrole nitrogens is 8. The minimum absolute atomic E-state index is 0.707. The maximum absolute atomic E-state index is 12.0. The molecule has 0 radical (unpaired) electrons. The summed E-state index contributed by atoms with van der Waals surface area (Å²) in [6.07, 6.45) is 2.84. The molecule has 0 saturated carbocycles. The molecule has 0 aromatic carbocycles. The van der Waals surface area contributed by atoms with Crippen LogP contribution in [0.2, 0.25) is 0 Å². The summed E-state index contributed by atoms with van der Waals surface area (Å²) < 4.78 is 47.9. The van der Waals surface area contributed by atoms with Gasteiger partial charge in [0.05, 0.1) is 0 Å². The van der Waals surface area contributed by atoms with E-state index in [-0.39, 0.29) is 0 Å². The zero-order valence-corrected chi connectivity index (χ0v) is 17.1. The van der Waals surface area contributed by atoms with Crippen molar-refractivity contribution in [2.45, 2.75) is 0 Å². The molecule has 0 unspecified atom stereocenters. The Hall–Kier alpha value is -5.56. The molecule has 4 rings (SSSR count). The highest BCUT2D eigenvalue weighted by Crippen LogP contribution is 1.76. The van der Waals surface area contributed by atoms with Gasteiger partial charge in [-0.25, -0.2) is 19.2 Å². The second-order valence-corrected chi connectivity index (χ2v) is 5.68. The van der Waals surface area contributed by atoms with Gasteiger partial charge in [-0.05, 0) is 0 Å². The predicted molar refractivity (Wildman–Crippen MR) is 111 cm³/mol. The van der Waals surface area contributed by atoms with Gasteiger partial charge in [0.1, 0.15) is 0 Å². The average molecular weight is 520 g/mol. The molecular weight excluding hydrogens is 508 g/mol. The van der Waals surface area contributed by atoms with Gasteiger partial charge in [0.25, 0.3) is 22.2 Å². The first-order chi connectivity index (χ1) is 16.8. The number of hydrogen-bond acceptors (Lipinski definition) is 8. The maximum Gasteiger partial charge on any atom is 0.325 e. The molecular formula is C16H12F4N8O8. The first kappa shape index (κ1) is 28.5. The van der Waals surface area contributed by atoms with E-state index in [4.69, 9.17) is 0 Å². The van der Waals surface area contributed by atoms with E-state index >= 15 is 0 Å². The fourth-order valence-electron chi connectivity index (χ4n) is 1.57. The molecule has 192 valence electrons. The molecule has 4 aromatic heterocycles. The largest absolute Gasteiger partial charge is 0.325 e. The highest BCUT2D eigenvalue weighted by molar-refractivity contribution is 4.85. The van der Waals surface area contributed by atoms with Gasteiger partial charge < -0.3 is 19.9 Å². The van der Waals surface area contributed by atoms with Crippen molar-refractivity contribution < 1.29 is 17.6 Å². The molecule has 0 saturated heterocycles. The average Bonchev–Trinajstić information content (AvgIpc) is 2.81. The number of nitrogens with one attached hydrogen (secondary N) is 8. The van der Waals surface area contributed by atoms with Crippen LogP contribution in [0, 0.1) is 23.3 Å². The van der Waals surface area contributed by atoms with Crippen molar-refractivity contribution >= 4 is 0 Å². The topological polar surface area (TPSA) is 263 Å². The summed E-state index contributed by atoms with van der Waals surface area (Å²) in [6.45, 7) is 0. The highest BCUT2D eigenvalue weighted by Gasteiger charge is 1.95. The van der Waals surface area contributed by atoms with Crippen LogP contribution in [-0.4, -0.2) is 39.9 Å². The summed E-state index contributed by atoms with van der Waals surface area (Å²) in [4.78, 5) is 96.0. The lowest BCUT2D eigenvalue weighted by Gasteiger charge is -1.81. The normalized spacial score (nSPS) is 9.44. The van der Waals surface area contributed by atoms with E-state index < -0.39 is 68.3 Å². The molecule has 0 aliphatic carbocycles. The molecule has 4 aromatic rings. The fraction of sp³-hybridized carbons (Fsp3) is 0. The van der Waals surface area contributed by atoms with E-state index in [1.165, 1.54) is 0 Å². The molecule has 0 atom stereocenters. The van der Waals surface area contributed by atoms with Crippen LogP contribution in [0.1, 0.15) is 0 Å². The second kappa shape index (κ2) is 13.2. The van der Waals surface area contributed by atoms with E-state index in [1.807, 2.05) is 19.9 Å². The van der Waals surface area contributed by atoms with Crippen LogP contribution < -0.4 is 45.0 Å². The van der Waals surface area contributed by atoms with Crippen molar-refractivity contribution in [1.29, 1.82) is 0 Å². The van der Waals surface area contributed by atoms with Crippen LogP contribution in [0.5, 0.6) is 0 Å². The Bertz CT molecular complexity index is 1510. The molecule has 4 heterocycles. The minimum Gasteiger partial charge on any atom is -0.311 e. The van der Waals surface area contributed by atoms with Crippen molar-refractivity contribution in [2.24, 2.45) is 0 Å². The predicted octanol–water partition coefficient (Wildman–Crippen LogP) is -3.19. The molecule has 0 amide bonds. The van der Waals surface area contributed by atoms with Gasteiger partial charge in [0, 0.05) is 24.8 Å². The third-order valence-electron chi connectivity index (χ3n) is 3.10. The first-order valence-corrected chi connectivity index (χ1v) is 8.70. The molecule has 8 N–H and O–H groups in total. The van der Waals surface area contributed by atoms with Crippen molar-refractivity contribution in [1.82, 2.24) is 39.9 Å². The Kier molecular flexibility index (Phi) is 10.5. The monoisotopic (exact) mass is 520 g/mol. The zero-order valence-electron chi connectivity index (χ0n) is 17.1. The quantitative estimate of drug-likeness (QED) is 0.109. The number of aromatic amines is 8. The summed E-state index contributed by atoms with van der Waals surface area (Å²) in [7, 11) is 0. The van der Waals surface area contributed by atoms with Gasteiger partial charge in [-0.1, -0.05) is 0 Å². The van der Waals surface area contributed by atoms with Crippen LogP contribution in [0.3, 0.4) is 0 Å². The Morgan fingerprint density at radius 1 is 0.361 bits per heavy atom. The van der Waals surface area contributed by atoms with Gasteiger partial charge >= 0.3 is 22.8 Å². The van der Waals surface area contributed by atoms with Crippen LogP contribution >= 0.6 is 0 Å². The summed E-state index contributed by atoms with van der Waals surface area (Å²) in [5, 5.41) is 0. The van der Waals surface area contributed by atoms with Gasteiger partial charge in [-0.2, -0.15) is 17.6 Å². The summed E-state index contributed by atoms with van der Waals surface area (Å²) in [5.41, 5.74) is -6.83. The highest BCUT2D eigenvalue weighted by atomic mass is 19.1. The Labute approximate surface area is 189 Å². The lowest BCUT2D eigenvalue weighted by Crippen LogP contribution is -2.23. The molecule has 20 heteroatoms. The Morgan fingerprint density at radius 3 is 0.639 bits per heavy atom. The van der Waals surface area contributed by atoms with Crippen LogP contribution in [0.25, 0.3) is 0 Å². The van der Waals surface area contributed by atoms with Crippen molar-refractivity contribution in [2.75, 3.05) is 0 Å². The molecule has 0 bridgehead atoms. The number of halogens is 4. The Morgan fingerprint density at radius 2 is 0.528 bits per heavy atom.